The predicted molar refractivity (Wildman–Crippen MR) is 96.6 cm³/mol. The number of hydrogen-bond donors (Lipinski definition) is 1. The van der Waals surface area contributed by atoms with Crippen molar-refractivity contribution in [3.8, 4) is 0 Å². The molecular weight excluding hydrogens is 373 g/mol. The summed E-state index contributed by atoms with van der Waals surface area (Å²) in [5, 5.41) is 2.72. The molecule has 0 fully saturated rings. The minimum atomic E-state index is -0.444. The third-order valence-electron chi connectivity index (χ3n) is 4.51. The van der Waals surface area contributed by atoms with Gasteiger partial charge in [0.15, 0.2) is 0 Å². The van der Waals surface area contributed by atoms with Gasteiger partial charge in [0.25, 0.3) is 0 Å². The zero-order valence-corrected chi connectivity index (χ0v) is 15.4. The highest BCUT2D eigenvalue weighted by atomic mass is 79.9. The second-order valence-corrected chi connectivity index (χ2v) is 7.02. The molecule has 1 aromatic carbocycles. The topological polar surface area (TPSA) is 37.3 Å². The second kappa shape index (κ2) is 6.97. The van der Waals surface area contributed by atoms with Crippen LogP contribution in [0.2, 0.25) is 0 Å². The van der Waals surface area contributed by atoms with Gasteiger partial charge in [-0.1, -0.05) is 29.3 Å². The molecule has 1 aliphatic rings. The lowest BCUT2D eigenvalue weighted by Crippen LogP contribution is -2.44. The highest BCUT2D eigenvalue weighted by Gasteiger charge is 2.31. The molecule has 2 heterocycles. The monoisotopic (exact) mass is 393 g/mol. The molecule has 0 unspecified atom stereocenters. The molecule has 0 radical (unpaired) electrons. The van der Waals surface area contributed by atoms with E-state index in [1.165, 1.54) is 11.8 Å². The minimum Gasteiger partial charge on any atom is -0.345 e. The summed E-state index contributed by atoms with van der Waals surface area (Å²) < 4.78 is 16.9. The number of amides is 2. The van der Waals surface area contributed by atoms with E-state index in [4.69, 9.17) is 0 Å². The van der Waals surface area contributed by atoms with Crippen LogP contribution in [0.1, 0.15) is 37.2 Å². The van der Waals surface area contributed by atoms with E-state index in [1.807, 2.05) is 4.90 Å². The summed E-state index contributed by atoms with van der Waals surface area (Å²) in [6.45, 7) is 5.58. The maximum Gasteiger partial charge on any atom is 0.322 e. The van der Waals surface area contributed by atoms with E-state index >= 15 is 0 Å². The number of benzene rings is 1. The van der Waals surface area contributed by atoms with Gasteiger partial charge in [-0.15, -0.1) is 0 Å². The van der Waals surface area contributed by atoms with Crippen molar-refractivity contribution in [2.45, 2.75) is 39.3 Å². The van der Waals surface area contributed by atoms with Crippen LogP contribution in [0.4, 0.5) is 14.9 Å². The summed E-state index contributed by atoms with van der Waals surface area (Å²) in [4.78, 5) is 14.6. The molecule has 0 bridgehead atoms. The van der Waals surface area contributed by atoms with Crippen LogP contribution < -0.4 is 5.32 Å². The summed E-state index contributed by atoms with van der Waals surface area (Å²) in [7, 11) is 0. The van der Waals surface area contributed by atoms with E-state index in [1.54, 1.807) is 12.1 Å². The SMILES string of the molecule is CCC[C@H]1c2ccc(C)n2CCN1C(=O)Nc1ccc(Br)cc1F. The molecule has 2 amide bonds. The number of urea groups is 1. The number of carbonyl (C=O) groups is 1. The van der Waals surface area contributed by atoms with Gasteiger partial charge in [-0.2, -0.15) is 0 Å². The lowest BCUT2D eigenvalue weighted by molar-refractivity contribution is 0.162. The second-order valence-electron chi connectivity index (χ2n) is 6.10. The van der Waals surface area contributed by atoms with Crippen LogP contribution in [0, 0.1) is 12.7 Å². The first-order valence-electron chi connectivity index (χ1n) is 8.20. The van der Waals surface area contributed by atoms with Gasteiger partial charge in [-0.05, 0) is 43.7 Å². The Morgan fingerprint density at radius 2 is 2.12 bits per heavy atom. The van der Waals surface area contributed by atoms with E-state index in [-0.39, 0.29) is 17.8 Å². The van der Waals surface area contributed by atoms with Crippen LogP contribution in [-0.4, -0.2) is 22.0 Å². The summed E-state index contributed by atoms with van der Waals surface area (Å²) in [6.07, 6.45) is 1.87. The van der Waals surface area contributed by atoms with Crippen LogP contribution in [-0.2, 0) is 6.54 Å². The Morgan fingerprint density at radius 3 is 2.83 bits per heavy atom. The van der Waals surface area contributed by atoms with Crippen LogP contribution in [0.5, 0.6) is 0 Å². The van der Waals surface area contributed by atoms with Gasteiger partial charge in [0.1, 0.15) is 5.82 Å². The molecule has 1 N–H and O–H groups in total. The number of rotatable bonds is 3. The first-order chi connectivity index (χ1) is 11.5. The molecular formula is C18H21BrFN3O. The van der Waals surface area contributed by atoms with Crippen molar-refractivity contribution in [2.75, 3.05) is 11.9 Å². The first-order valence-corrected chi connectivity index (χ1v) is 8.99. The molecule has 24 heavy (non-hydrogen) atoms. The van der Waals surface area contributed by atoms with Crippen LogP contribution in [0.3, 0.4) is 0 Å². The summed E-state index contributed by atoms with van der Waals surface area (Å²) in [5.41, 5.74) is 2.58. The number of nitrogens with zero attached hydrogens (tertiary/aromatic N) is 2. The van der Waals surface area contributed by atoms with Crippen molar-refractivity contribution in [3.05, 3.63) is 52.0 Å². The first kappa shape index (κ1) is 17.0. The van der Waals surface area contributed by atoms with E-state index in [9.17, 15) is 9.18 Å². The Kier molecular flexibility index (Phi) is 4.94. The van der Waals surface area contributed by atoms with Crippen molar-refractivity contribution in [3.63, 3.8) is 0 Å². The Balaban J connectivity index is 1.83. The largest absolute Gasteiger partial charge is 0.345 e. The molecule has 4 nitrogen and oxygen atoms in total. The quantitative estimate of drug-likeness (QED) is 0.774. The van der Waals surface area contributed by atoms with Gasteiger partial charge in [-0.3, -0.25) is 0 Å². The molecule has 0 aliphatic carbocycles. The molecule has 6 heteroatoms. The fourth-order valence-corrected chi connectivity index (χ4v) is 3.64. The summed E-state index contributed by atoms with van der Waals surface area (Å²) in [5.74, 6) is -0.444. The highest BCUT2D eigenvalue weighted by molar-refractivity contribution is 9.10. The molecule has 128 valence electrons. The highest BCUT2D eigenvalue weighted by Crippen LogP contribution is 2.32. The van der Waals surface area contributed by atoms with Gasteiger partial charge < -0.3 is 14.8 Å². The normalized spacial score (nSPS) is 16.8. The van der Waals surface area contributed by atoms with E-state index < -0.39 is 5.82 Å². The van der Waals surface area contributed by atoms with Crippen molar-refractivity contribution in [1.82, 2.24) is 9.47 Å². The predicted octanol–water partition coefficient (Wildman–Crippen LogP) is 5.09. The Bertz CT molecular complexity index is 759. The molecule has 1 aliphatic heterocycles. The van der Waals surface area contributed by atoms with Crippen LogP contribution >= 0.6 is 15.9 Å². The zero-order chi connectivity index (χ0) is 17.3. The number of halogens is 2. The molecule has 2 aromatic rings. The minimum absolute atomic E-state index is 0.0240. The van der Waals surface area contributed by atoms with Gasteiger partial charge in [-0.25, -0.2) is 9.18 Å². The van der Waals surface area contributed by atoms with Crippen molar-refractivity contribution in [1.29, 1.82) is 0 Å². The number of fused-ring (bicyclic) bond motifs is 1. The molecule has 0 saturated heterocycles. The number of aromatic nitrogens is 1. The maximum absolute atomic E-state index is 14.0. The Labute approximate surface area is 149 Å². The average molecular weight is 394 g/mol. The third kappa shape index (κ3) is 3.20. The Morgan fingerprint density at radius 1 is 1.33 bits per heavy atom. The fourth-order valence-electron chi connectivity index (χ4n) is 3.31. The standard InChI is InChI=1S/C18H21BrFN3O/c1-3-4-16-17-8-5-12(2)22(17)9-10-23(16)18(24)21-15-7-6-13(19)11-14(15)20/h5-8,11,16H,3-4,9-10H2,1-2H3,(H,21,24)/t16-/m0/s1. The molecule has 0 spiro atoms. The smallest absolute Gasteiger partial charge is 0.322 e. The number of nitrogens with one attached hydrogen (secondary N) is 1. The number of aryl methyl sites for hydroxylation is 1. The molecule has 1 aromatic heterocycles. The average Bonchev–Trinajstić information content (AvgIpc) is 2.92. The van der Waals surface area contributed by atoms with Gasteiger partial charge in [0.05, 0.1) is 11.7 Å². The van der Waals surface area contributed by atoms with Crippen LogP contribution in [0.25, 0.3) is 0 Å². The van der Waals surface area contributed by atoms with E-state index in [0.717, 1.165) is 25.1 Å². The summed E-state index contributed by atoms with van der Waals surface area (Å²) >= 11 is 3.22. The fraction of sp³-hybridized carbons (Fsp3) is 0.389. The number of hydrogen-bond acceptors (Lipinski definition) is 1. The lowest BCUT2D eigenvalue weighted by Gasteiger charge is -2.37. The Hall–Kier alpha value is -1.82. The van der Waals surface area contributed by atoms with Crippen molar-refractivity contribution >= 4 is 27.6 Å². The van der Waals surface area contributed by atoms with Gasteiger partial charge in [0.2, 0.25) is 0 Å². The maximum atomic E-state index is 14.0. The van der Waals surface area contributed by atoms with E-state index in [0.29, 0.717) is 11.0 Å². The molecule has 0 saturated carbocycles. The zero-order valence-electron chi connectivity index (χ0n) is 13.9. The van der Waals surface area contributed by atoms with E-state index in [2.05, 4.69) is 51.8 Å². The van der Waals surface area contributed by atoms with Crippen LogP contribution in [0.15, 0.2) is 34.8 Å². The van der Waals surface area contributed by atoms with Crippen molar-refractivity contribution in [2.24, 2.45) is 0 Å². The van der Waals surface area contributed by atoms with Crippen molar-refractivity contribution < 1.29 is 9.18 Å². The molecule has 1 atom stereocenters. The van der Waals surface area contributed by atoms with Gasteiger partial charge in [0, 0.05) is 29.0 Å². The molecule has 3 rings (SSSR count). The summed E-state index contributed by atoms with van der Waals surface area (Å²) in [6, 6.07) is 8.60. The number of carbonyl (C=O) groups excluding carboxylic acids is 1. The number of anilines is 1. The lowest BCUT2D eigenvalue weighted by atomic mass is 10.0. The van der Waals surface area contributed by atoms with Gasteiger partial charge >= 0.3 is 6.03 Å². The third-order valence-corrected chi connectivity index (χ3v) is 5.00.